The number of rotatable bonds is 5. The van der Waals surface area contributed by atoms with E-state index in [0.717, 1.165) is 12.8 Å². The number of halogens is 1. The first-order chi connectivity index (χ1) is 9.52. The van der Waals surface area contributed by atoms with Crippen LogP contribution < -0.4 is 5.73 Å². The predicted molar refractivity (Wildman–Crippen MR) is 75.2 cm³/mol. The summed E-state index contributed by atoms with van der Waals surface area (Å²) in [5.74, 6) is -0.134. The van der Waals surface area contributed by atoms with Crippen molar-refractivity contribution in [1.29, 1.82) is 0 Å². The van der Waals surface area contributed by atoms with Crippen molar-refractivity contribution in [3.8, 4) is 5.75 Å². The SMILES string of the molecule is NC(CCN(C(=O)c1ccc(O)c(Cl)c1)C1CC1)=NO. The molecular formula is C13H16ClN3O3. The second-order valence-electron chi connectivity index (χ2n) is 4.74. The number of hydrogen-bond donors (Lipinski definition) is 3. The fraction of sp³-hybridized carbons (Fsp3) is 0.385. The van der Waals surface area contributed by atoms with E-state index in [1.807, 2.05) is 0 Å². The summed E-state index contributed by atoms with van der Waals surface area (Å²) in [7, 11) is 0. The molecule has 7 heteroatoms. The van der Waals surface area contributed by atoms with Gasteiger partial charge in [0.05, 0.1) is 5.02 Å². The molecule has 0 aromatic heterocycles. The first-order valence-corrected chi connectivity index (χ1v) is 6.66. The van der Waals surface area contributed by atoms with E-state index in [0.29, 0.717) is 18.5 Å². The van der Waals surface area contributed by atoms with Crippen LogP contribution in [-0.2, 0) is 0 Å². The van der Waals surface area contributed by atoms with Gasteiger partial charge in [-0.25, -0.2) is 0 Å². The van der Waals surface area contributed by atoms with E-state index in [1.165, 1.54) is 18.2 Å². The van der Waals surface area contributed by atoms with Crippen LogP contribution in [0.4, 0.5) is 0 Å². The van der Waals surface area contributed by atoms with Crippen molar-refractivity contribution in [2.24, 2.45) is 10.9 Å². The summed E-state index contributed by atoms with van der Waals surface area (Å²) >= 11 is 5.81. The van der Waals surface area contributed by atoms with Crippen molar-refractivity contribution in [3.63, 3.8) is 0 Å². The molecule has 6 nitrogen and oxygen atoms in total. The molecule has 0 radical (unpaired) electrons. The number of carbonyl (C=O) groups is 1. The van der Waals surface area contributed by atoms with E-state index in [-0.39, 0.29) is 28.6 Å². The monoisotopic (exact) mass is 297 g/mol. The predicted octanol–water partition coefficient (Wildman–Crippen LogP) is 1.79. The van der Waals surface area contributed by atoms with Crippen molar-refractivity contribution in [3.05, 3.63) is 28.8 Å². The number of carbonyl (C=O) groups excluding carboxylic acids is 1. The van der Waals surface area contributed by atoms with Gasteiger partial charge in [-0.05, 0) is 31.0 Å². The van der Waals surface area contributed by atoms with Gasteiger partial charge in [-0.3, -0.25) is 4.79 Å². The minimum Gasteiger partial charge on any atom is -0.506 e. The third-order valence-electron chi connectivity index (χ3n) is 3.18. The van der Waals surface area contributed by atoms with Gasteiger partial charge >= 0.3 is 0 Å². The largest absolute Gasteiger partial charge is 0.506 e. The first kappa shape index (κ1) is 14.5. The number of aromatic hydroxyl groups is 1. The van der Waals surface area contributed by atoms with E-state index >= 15 is 0 Å². The van der Waals surface area contributed by atoms with Gasteiger partial charge in [0, 0.05) is 24.6 Å². The normalized spacial score (nSPS) is 15.2. The molecule has 1 aliphatic carbocycles. The molecule has 0 heterocycles. The molecule has 20 heavy (non-hydrogen) atoms. The molecule has 1 saturated carbocycles. The molecule has 0 saturated heterocycles. The van der Waals surface area contributed by atoms with Crippen molar-refractivity contribution in [2.45, 2.75) is 25.3 Å². The van der Waals surface area contributed by atoms with Crippen LogP contribution in [0.25, 0.3) is 0 Å². The number of nitrogens with zero attached hydrogens (tertiary/aromatic N) is 2. The minimum absolute atomic E-state index is 0.0575. The molecule has 4 N–H and O–H groups in total. The Hall–Kier alpha value is -1.95. The van der Waals surface area contributed by atoms with Crippen molar-refractivity contribution < 1.29 is 15.1 Å². The third-order valence-corrected chi connectivity index (χ3v) is 3.48. The zero-order valence-electron chi connectivity index (χ0n) is 10.8. The van der Waals surface area contributed by atoms with Gasteiger partial charge < -0.3 is 20.9 Å². The van der Waals surface area contributed by atoms with Gasteiger partial charge in [0.15, 0.2) is 0 Å². The molecule has 2 rings (SSSR count). The van der Waals surface area contributed by atoms with Crippen LogP contribution in [-0.4, -0.2) is 39.5 Å². The Labute approximate surface area is 121 Å². The summed E-state index contributed by atoms with van der Waals surface area (Å²) < 4.78 is 0. The zero-order valence-corrected chi connectivity index (χ0v) is 11.5. The molecule has 1 amide bonds. The highest BCUT2D eigenvalue weighted by Crippen LogP contribution is 2.30. The Morgan fingerprint density at radius 2 is 2.20 bits per heavy atom. The maximum absolute atomic E-state index is 12.4. The average Bonchev–Trinajstić information content (AvgIpc) is 3.26. The number of nitrogens with two attached hydrogens (primary N) is 1. The lowest BCUT2D eigenvalue weighted by Crippen LogP contribution is -2.35. The molecule has 108 valence electrons. The molecule has 0 aliphatic heterocycles. The smallest absolute Gasteiger partial charge is 0.254 e. The van der Waals surface area contributed by atoms with Crippen LogP contribution in [0.2, 0.25) is 5.02 Å². The first-order valence-electron chi connectivity index (χ1n) is 6.29. The lowest BCUT2D eigenvalue weighted by atomic mass is 10.1. The van der Waals surface area contributed by atoms with E-state index in [9.17, 15) is 9.90 Å². The lowest BCUT2D eigenvalue weighted by molar-refractivity contribution is 0.0747. The highest BCUT2D eigenvalue weighted by Gasteiger charge is 2.33. The van der Waals surface area contributed by atoms with Crippen LogP contribution in [0.3, 0.4) is 0 Å². The highest BCUT2D eigenvalue weighted by molar-refractivity contribution is 6.32. The van der Waals surface area contributed by atoms with Crippen LogP contribution >= 0.6 is 11.6 Å². The fourth-order valence-corrected chi connectivity index (χ4v) is 2.11. The van der Waals surface area contributed by atoms with Gasteiger partial charge in [0.25, 0.3) is 5.91 Å². The summed E-state index contributed by atoms with van der Waals surface area (Å²) in [5, 5.41) is 21.0. The molecule has 1 aliphatic rings. The second kappa shape index (κ2) is 6.00. The number of oxime groups is 1. The Morgan fingerprint density at radius 3 is 2.75 bits per heavy atom. The summed E-state index contributed by atoms with van der Waals surface area (Å²) in [4.78, 5) is 14.1. The minimum atomic E-state index is -0.167. The number of amidine groups is 1. The molecule has 1 aromatic rings. The van der Waals surface area contributed by atoms with Gasteiger partial charge in [-0.15, -0.1) is 0 Å². The number of amides is 1. The zero-order chi connectivity index (χ0) is 14.7. The van der Waals surface area contributed by atoms with Crippen molar-refractivity contribution in [2.75, 3.05) is 6.54 Å². The van der Waals surface area contributed by atoms with Crippen LogP contribution in [0.1, 0.15) is 29.6 Å². The van der Waals surface area contributed by atoms with E-state index in [1.54, 1.807) is 4.90 Å². The maximum atomic E-state index is 12.4. The van der Waals surface area contributed by atoms with Gasteiger partial charge in [-0.1, -0.05) is 16.8 Å². The van der Waals surface area contributed by atoms with Crippen LogP contribution in [0.5, 0.6) is 5.75 Å². The number of hydrogen-bond acceptors (Lipinski definition) is 4. The molecule has 0 unspecified atom stereocenters. The Bertz CT molecular complexity index is 544. The van der Waals surface area contributed by atoms with Crippen molar-refractivity contribution in [1.82, 2.24) is 4.90 Å². The van der Waals surface area contributed by atoms with E-state index in [4.69, 9.17) is 22.5 Å². The Morgan fingerprint density at radius 1 is 1.50 bits per heavy atom. The van der Waals surface area contributed by atoms with Crippen LogP contribution in [0, 0.1) is 0 Å². The summed E-state index contributed by atoms with van der Waals surface area (Å²) in [6.07, 6.45) is 2.21. The Kier molecular flexibility index (Phi) is 4.34. The fourth-order valence-electron chi connectivity index (χ4n) is 1.93. The number of phenols is 1. The van der Waals surface area contributed by atoms with Gasteiger partial charge in [0.1, 0.15) is 11.6 Å². The van der Waals surface area contributed by atoms with Gasteiger partial charge in [0.2, 0.25) is 0 Å². The van der Waals surface area contributed by atoms with E-state index in [2.05, 4.69) is 5.16 Å². The molecule has 1 fully saturated rings. The highest BCUT2D eigenvalue weighted by atomic mass is 35.5. The Balaban J connectivity index is 2.12. The second-order valence-corrected chi connectivity index (χ2v) is 5.14. The third kappa shape index (κ3) is 3.33. The molecule has 0 spiro atoms. The maximum Gasteiger partial charge on any atom is 0.254 e. The lowest BCUT2D eigenvalue weighted by Gasteiger charge is -2.22. The number of phenolic OH excluding ortho intramolecular Hbond substituents is 1. The standard InChI is InChI=1S/C13H16ClN3O3/c14-10-7-8(1-4-11(10)18)13(19)17(9-2-3-9)6-5-12(15)16-20/h1,4,7,9,18,20H,2-3,5-6H2,(H2,15,16). The van der Waals surface area contributed by atoms with E-state index < -0.39 is 0 Å². The summed E-state index contributed by atoms with van der Waals surface area (Å²) in [6, 6.07) is 4.56. The molecule has 1 aromatic carbocycles. The molecular weight excluding hydrogens is 282 g/mol. The van der Waals surface area contributed by atoms with Crippen molar-refractivity contribution >= 4 is 23.3 Å². The number of benzene rings is 1. The summed E-state index contributed by atoms with van der Waals surface area (Å²) in [6.45, 7) is 0.387. The summed E-state index contributed by atoms with van der Waals surface area (Å²) in [5.41, 5.74) is 5.85. The van der Waals surface area contributed by atoms with Crippen LogP contribution in [0.15, 0.2) is 23.4 Å². The molecule has 0 atom stereocenters. The topological polar surface area (TPSA) is 99.2 Å². The quantitative estimate of drug-likeness (QED) is 0.334. The van der Waals surface area contributed by atoms with Gasteiger partial charge in [-0.2, -0.15) is 0 Å². The average molecular weight is 298 g/mol. The molecule has 0 bridgehead atoms.